The van der Waals surface area contributed by atoms with Crippen molar-refractivity contribution in [2.24, 2.45) is 0 Å². The molecule has 0 fully saturated rings. The zero-order valence-electron chi connectivity index (χ0n) is 16.5. The number of benzene rings is 2. The fourth-order valence-corrected chi connectivity index (χ4v) is 3.53. The van der Waals surface area contributed by atoms with Crippen molar-refractivity contribution in [2.75, 3.05) is 16.8 Å². The lowest BCUT2D eigenvalue weighted by Gasteiger charge is -2.21. The third-order valence-electron chi connectivity index (χ3n) is 4.96. The molecule has 0 amide bonds. The third kappa shape index (κ3) is 3.92. The van der Waals surface area contributed by atoms with Crippen LogP contribution in [-0.4, -0.2) is 16.5 Å². The number of halogens is 2. The molecule has 0 radical (unpaired) electrons. The second-order valence-electron chi connectivity index (χ2n) is 6.95. The summed E-state index contributed by atoms with van der Waals surface area (Å²) in [7, 11) is 0. The van der Waals surface area contributed by atoms with Gasteiger partial charge in [0.05, 0.1) is 17.7 Å². The fraction of sp³-hybridized carbons (Fsp3) is 0.130. The molecule has 152 valence electrons. The lowest BCUT2D eigenvalue weighted by Crippen LogP contribution is -2.18. The van der Waals surface area contributed by atoms with Crippen LogP contribution < -0.4 is 10.2 Å². The van der Waals surface area contributed by atoms with Gasteiger partial charge in [-0.05, 0) is 61.4 Å². The lowest BCUT2D eigenvalue weighted by atomic mass is 10.1. The Morgan fingerprint density at radius 2 is 1.81 bits per heavy atom. The Balaban J connectivity index is 1.70. The number of aromatic nitrogens is 2. The minimum Gasteiger partial charge on any atom is -0.324 e. The first kappa shape index (κ1) is 20.0. The van der Waals surface area contributed by atoms with Gasteiger partial charge in [0.15, 0.2) is 11.6 Å². The maximum Gasteiger partial charge on any atom is 0.229 e. The summed E-state index contributed by atoms with van der Waals surface area (Å²) in [5, 5.41) is 20.6. The first-order valence-corrected chi connectivity index (χ1v) is 9.47. The highest BCUT2D eigenvalue weighted by molar-refractivity contribution is 5.71. The number of fused-ring (bicyclic) bond motifs is 1. The van der Waals surface area contributed by atoms with Crippen molar-refractivity contribution in [3.05, 3.63) is 76.5 Å². The Hall–Kier alpha value is -4.30. The number of anilines is 4. The van der Waals surface area contributed by atoms with Gasteiger partial charge in [0.1, 0.15) is 11.5 Å². The molecule has 0 spiro atoms. The number of aryl methyl sites for hydroxylation is 1. The topological polar surface area (TPSA) is 88.6 Å². The number of nitrogens with one attached hydrogen (secondary N) is 1. The molecule has 0 saturated carbocycles. The monoisotopic (exact) mass is 414 g/mol. The van der Waals surface area contributed by atoms with E-state index in [0.29, 0.717) is 36.0 Å². The van der Waals surface area contributed by atoms with E-state index in [9.17, 15) is 8.78 Å². The molecule has 8 heteroatoms. The molecule has 0 bridgehead atoms. The van der Waals surface area contributed by atoms with E-state index in [1.807, 2.05) is 6.92 Å². The van der Waals surface area contributed by atoms with Crippen LogP contribution in [0.25, 0.3) is 6.08 Å². The molecule has 2 heterocycles. The van der Waals surface area contributed by atoms with E-state index in [0.717, 1.165) is 17.3 Å². The van der Waals surface area contributed by atoms with E-state index in [1.165, 1.54) is 23.1 Å². The highest BCUT2D eigenvalue weighted by Gasteiger charge is 2.29. The van der Waals surface area contributed by atoms with Crippen LogP contribution in [0.2, 0.25) is 0 Å². The van der Waals surface area contributed by atoms with Crippen molar-refractivity contribution >= 4 is 29.2 Å². The van der Waals surface area contributed by atoms with Crippen LogP contribution in [0.5, 0.6) is 0 Å². The summed E-state index contributed by atoms with van der Waals surface area (Å²) in [6.45, 7) is 2.20. The molecule has 0 aliphatic carbocycles. The molecule has 4 rings (SSSR count). The molecule has 3 aromatic rings. The minimum absolute atomic E-state index is 0.185. The molecular weight excluding hydrogens is 398 g/mol. The van der Waals surface area contributed by atoms with Crippen LogP contribution in [0.15, 0.2) is 42.5 Å². The smallest absolute Gasteiger partial charge is 0.229 e. The van der Waals surface area contributed by atoms with Crippen molar-refractivity contribution in [1.29, 1.82) is 10.5 Å². The normalized spacial score (nSPS) is 12.5. The summed E-state index contributed by atoms with van der Waals surface area (Å²) in [6, 6.07) is 13.0. The fourth-order valence-electron chi connectivity index (χ4n) is 3.53. The quantitative estimate of drug-likeness (QED) is 0.610. The van der Waals surface area contributed by atoms with E-state index < -0.39 is 11.6 Å². The number of nitrogens with zero attached hydrogens (tertiary/aromatic N) is 5. The second-order valence-corrected chi connectivity index (χ2v) is 6.95. The molecular formula is C23H16F2N6. The van der Waals surface area contributed by atoms with E-state index in [1.54, 1.807) is 30.3 Å². The number of rotatable bonds is 4. The van der Waals surface area contributed by atoms with Crippen molar-refractivity contribution in [2.45, 2.75) is 13.3 Å². The third-order valence-corrected chi connectivity index (χ3v) is 4.96. The largest absolute Gasteiger partial charge is 0.324 e. The number of hydrogen-bond donors (Lipinski definition) is 1. The van der Waals surface area contributed by atoms with Gasteiger partial charge in [-0.1, -0.05) is 0 Å². The zero-order valence-corrected chi connectivity index (χ0v) is 16.5. The summed E-state index contributed by atoms with van der Waals surface area (Å²) in [5.41, 5.74) is 2.85. The molecule has 1 N–H and O–H groups in total. The predicted molar refractivity (Wildman–Crippen MR) is 113 cm³/mol. The summed E-state index contributed by atoms with van der Waals surface area (Å²) in [6.07, 6.45) is 3.07. The molecule has 1 aromatic heterocycles. The molecule has 0 saturated heterocycles. The predicted octanol–water partition coefficient (Wildman–Crippen LogP) is 4.91. The molecule has 1 aliphatic heterocycles. The first-order valence-electron chi connectivity index (χ1n) is 9.47. The summed E-state index contributed by atoms with van der Waals surface area (Å²) >= 11 is 0. The number of nitriles is 2. The average Bonchev–Trinajstić information content (AvgIpc) is 3.16. The van der Waals surface area contributed by atoms with Crippen LogP contribution >= 0.6 is 0 Å². The van der Waals surface area contributed by atoms with Crippen LogP contribution in [0.3, 0.4) is 0 Å². The second kappa shape index (κ2) is 8.21. The highest BCUT2D eigenvalue weighted by Crippen LogP contribution is 2.38. The van der Waals surface area contributed by atoms with Crippen LogP contribution in [-0.2, 0) is 6.42 Å². The SMILES string of the molecule is Cc1nc(Nc2ccc(C#N)cc2)nc2c1CCN2c1c(F)cc(/C=C/C#N)cc1F. The van der Waals surface area contributed by atoms with Crippen molar-refractivity contribution in [1.82, 2.24) is 9.97 Å². The van der Waals surface area contributed by atoms with Crippen molar-refractivity contribution in [3.63, 3.8) is 0 Å². The molecule has 6 nitrogen and oxygen atoms in total. The van der Waals surface area contributed by atoms with Gasteiger partial charge in [0, 0.05) is 29.6 Å². The minimum atomic E-state index is -0.733. The molecule has 0 atom stereocenters. The number of allylic oxidation sites excluding steroid dienone is 1. The van der Waals surface area contributed by atoms with Crippen LogP contribution in [0.1, 0.15) is 22.4 Å². The van der Waals surface area contributed by atoms with E-state index >= 15 is 0 Å². The Morgan fingerprint density at radius 1 is 1.10 bits per heavy atom. The summed E-state index contributed by atoms with van der Waals surface area (Å²) in [5.74, 6) is -0.726. The summed E-state index contributed by atoms with van der Waals surface area (Å²) in [4.78, 5) is 10.5. The molecule has 2 aromatic carbocycles. The van der Waals surface area contributed by atoms with Crippen LogP contribution in [0.4, 0.5) is 31.9 Å². The van der Waals surface area contributed by atoms with E-state index in [4.69, 9.17) is 10.5 Å². The maximum atomic E-state index is 14.8. The van der Waals surface area contributed by atoms with Gasteiger partial charge >= 0.3 is 0 Å². The van der Waals surface area contributed by atoms with Gasteiger partial charge in [-0.2, -0.15) is 15.5 Å². The van der Waals surface area contributed by atoms with Gasteiger partial charge in [-0.15, -0.1) is 0 Å². The van der Waals surface area contributed by atoms with Gasteiger partial charge < -0.3 is 10.2 Å². The average molecular weight is 414 g/mol. The van der Waals surface area contributed by atoms with Crippen molar-refractivity contribution in [3.8, 4) is 12.1 Å². The Kier molecular flexibility index (Phi) is 5.30. The highest BCUT2D eigenvalue weighted by atomic mass is 19.1. The number of hydrogen-bond acceptors (Lipinski definition) is 6. The molecule has 0 unspecified atom stereocenters. The van der Waals surface area contributed by atoms with Gasteiger partial charge in [0.2, 0.25) is 5.95 Å². The van der Waals surface area contributed by atoms with Gasteiger partial charge in [0.25, 0.3) is 0 Å². The Morgan fingerprint density at radius 3 is 2.45 bits per heavy atom. The summed E-state index contributed by atoms with van der Waals surface area (Å²) < 4.78 is 29.6. The zero-order chi connectivity index (χ0) is 22.0. The van der Waals surface area contributed by atoms with Gasteiger partial charge in [-0.3, -0.25) is 0 Å². The van der Waals surface area contributed by atoms with E-state index in [-0.39, 0.29) is 11.3 Å². The van der Waals surface area contributed by atoms with E-state index in [2.05, 4.69) is 21.4 Å². The van der Waals surface area contributed by atoms with Crippen molar-refractivity contribution < 1.29 is 8.78 Å². The lowest BCUT2D eigenvalue weighted by molar-refractivity contribution is 0.581. The Labute approximate surface area is 177 Å². The van der Waals surface area contributed by atoms with Crippen LogP contribution in [0, 0.1) is 41.2 Å². The first-order chi connectivity index (χ1) is 15.0. The van der Waals surface area contributed by atoms with Gasteiger partial charge in [-0.25, -0.2) is 13.8 Å². The Bertz CT molecular complexity index is 1250. The standard InChI is InChI=1S/C23H16F2N6/c1-14-18-8-10-31(21-19(24)11-16(3-2-9-26)12-20(21)25)22(18)30-23(28-14)29-17-6-4-15(13-27)5-7-17/h2-7,11-12H,8,10H2,1H3,(H,28,29,30)/b3-2+. The maximum absolute atomic E-state index is 14.8. The molecule has 31 heavy (non-hydrogen) atoms. The molecule has 1 aliphatic rings.